The van der Waals surface area contributed by atoms with E-state index in [0.29, 0.717) is 5.88 Å². The minimum absolute atomic E-state index is 0.101. The van der Waals surface area contributed by atoms with Gasteiger partial charge in [0, 0.05) is 12.6 Å². The highest BCUT2D eigenvalue weighted by atomic mass is 16.5. The highest BCUT2D eigenvalue weighted by Crippen LogP contribution is 2.33. The number of rotatable bonds is 4. The van der Waals surface area contributed by atoms with Crippen molar-refractivity contribution < 1.29 is 4.74 Å². The Labute approximate surface area is 119 Å². The van der Waals surface area contributed by atoms with E-state index in [1.807, 2.05) is 13.0 Å². The van der Waals surface area contributed by atoms with Gasteiger partial charge in [0.2, 0.25) is 5.88 Å². The van der Waals surface area contributed by atoms with E-state index >= 15 is 0 Å². The summed E-state index contributed by atoms with van der Waals surface area (Å²) in [5.41, 5.74) is 2.69. The van der Waals surface area contributed by atoms with Crippen molar-refractivity contribution in [3.63, 3.8) is 0 Å². The minimum atomic E-state index is 0.101. The summed E-state index contributed by atoms with van der Waals surface area (Å²) >= 11 is 0. The zero-order valence-corrected chi connectivity index (χ0v) is 11.7. The van der Waals surface area contributed by atoms with Crippen LogP contribution in [0.3, 0.4) is 0 Å². The second-order valence-electron chi connectivity index (χ2n) is 4.97. The lowest BCUT2D eigenvalue weighted by Crippen LogP contribution is -2.15. The molecule has 4 nitrogen and oxygen atoms in total. The van der Waals surface area contributed by atoms with Crippen molar-refractivity contribution in [2.45, 2.75) is 32.3 Å². The Morgan fingerprint density at radius 1 is 1.30 bits per heavy atom. The number of aromatic nitrogens is 2. The van der Waals surface area contributed by atoms with Crippen molar-refractivity contribution >= 4 is 5.82 Å². The van der Waals surface area contributed by atoms with Crippen molar-refractivity contribution in [1.82, 2.24) is 9.97 Å². The minimum Gasteiger partial charge on any atom is -0.469 e. The first kappa shape index (κ1) is 12.9. The van der Waals surface area contributed by atoms with Crippen LogP contribution < -0.4 is 10.1 Å². The summed E-state index contributed by atoms with van der Waals surface area (Å²) in [4.78, 5) is 8.38. The van der Waals surface area contributed by atoms with Gasteiger partial charge in [-0.15, -0.1) is 0 Å². The summed E-state index contributed by atoms with van der Waals surface area (Å²) in [5, 5.41) is 3.17. The van der Waals surface area contributed by atoms with Crippen LogP contribution in [-0.4, -0.2) is 16.5 Å². The maximum Gasteiger partial charge on any atom is 0.219 e. The molecule has 1 heterocycles. The standard InChI is InChI=1S/C16H19N3O/c1-2-17-15-10-16(19-11-18-15)20-14-9-5-7-12-6-3-4-8-13(12)14/h3-4,6,8,10-11,14H,2,5,7,9H2,1H3,(H,17,18,19). The highest BCUT2D eigenvalue weighted by molar-refractivity contribution is 5.37. The van der Waals surface area contributed by atoms with E-state index in [0.717, 1.165) is 31.6 Å². The molecule has 1 aliphatic carbocycles. The molecule has 0 radical (unpaired) electrons. The van der Waals surface area contributed by atoms with Crippen molar-refractivity contribution in [2.24, 2.45) is 0 Å². The van der Waals surface area contributed by atoms with Crippen LogP contribution >= 0.6 is 0 Å². The van der Waals surface area contributed by atoms with Gasteiger partial charge in [-0.2, -0.15) is 0 Å². The lowest BCUT2D eigenvalue weighted by Gasteiger charge is -2.25. The Kier molecular flexibility index (Phi) is 3.81. The number of anilines is 1. The van der Waals surface area contributed by atoms with E-state index in [-0.39, 0.29) is 6.10 Å². The third kappa shape index (κ3) is 2.74. The lowest BCUT2D eigenvalue weighted by molar-refractivity contribution is 0.175. The second-order valence-corrected chi connectivity index (χ2v) is 4.97. The van der Waals surface area contributed by atoms with Crippen molar-refractivity contribution in [1.29, 1.82) is 0 Å². The van der Waals surface area contributed by atoms with Gasteiger partial charge in [-0.25, -0.2) is 9.97 Å². The maximum atomic E-state index is 6.08. The molecule has 0 bridgehead atoms. The van der Waals surface area contributed by atoms with Gasteiger partial charge in [0.1, 0.15) is 18.2 Å². The van der Waals surface area contributed by atoms with Gasteiger partial charge in [0.25, 0.3) is 0 Å². The maximum absolute atomic E-state index is 6.08. The SMILES string of the molecule is CCNc1cc(OC2CCCc3ccccc32)ncn1. The zero-order valence-electron chi connectivity index (χ0n) is 11.7. The Hall–Kier alpha value is -2.10. The molecule has 0 spiro atoms. The van der Waals surface area contributed by atoms with Crippen LogP contribution in [0.25, 0.3) is 0 Å². The smallest absolute Gasteiger partial charge is 0.219 e. The summed E-state index contributed by atoms with van der Waals surface area (Å²) in [6.45, 7) is 2.88. The van der Waals surface area contributed by atoms with Crippen LogP contribution in [0.4, 0.5) is 5.82 Å². The number of benzene rings is 1. The van der Waals surface area contributed by atoms with E-state index in [2.05, 4.69) is 39.6 Å². The van der Waals surface area contributed by atoms with Gasteiger partial charge >= 0.3 is 0 Å². The number of fused-ring (bicyclic) bond motifs is 1. The summed E-state index contributed by atoms with van der Waals surface area (Å²) in [7, 11) is 0. The summed E-state index contributed by atoms with van der Waals surface area (Å²) in [6.07, 6.45) is 4.99. The van der Waals surface area contributed by atoms with Crippen LogP contribution in [0.2, 0.25) is 0 Å². The molecule has 0 amide bonds. The molecule has 1 aromatic heterocycles. The van der Waals surface area contributed by atoms with Crippen LogP contribution in [0.1, 0.15) is 37.0 Å². The zero-order chi connectivity index (χ0) is 13.8. The molecule has 104 valence electrons. The summed E-state index contributed by atoms with van der Waals surface area (Å²) in [5.74, 6) is 1.44. The lowest BCUT2D eigenvalue weighted by atomic mass is 9.89. The largest absolute Gasteiger partial charge is 0.469 e. The molecule has 1 aliphatic rings. The third-order valence-corrected chi connectivity index (χ3v) is 3.58. The Bertz CT molecular complexity index is 585. The number of ether oxygens (including phenoxy) is 1. The normalized spacial score (nSPS) is 17.4. The Morgan fingerprint density at radius 2 is 2.20 bits per heavy atom. The Balaban J connectivity index is 1.80. The van der Waals surface area contributed by atoms with E-state index in [1.165, 1.54) is 11.1 Å². The van der Waals surface area contributed by atoms with E-state index < -0.39 is 0 Å². The van der Waals surface area contributed by atoms with Gasteiger partial charge in [-0.05, 0) is 37.3 Å². The van der Waals surface area contributed by atoms with Crippen molar-refractivity contribution in [3.8, 4) is 5.88 Å². The first-order valence-corrected chi connectivity index (χ1v) is 7.17. The molecule has 1 atom stereocenters. The quantitative estimate of drug-likeness (QED) is 0.924. The van der Waals surface area contributed by atoms with E-state index in [1.54, 1.807) is 6.33 Å². The number of nitrogens with one attached hydrogen (secondary N) is 1. The molecule has 1 unspecified atom stereocenters. The van der Waals surface area contributed by atoms with Crippen LogP contribution in [0.5, 0.6) is 5.88 Å². The van der Waals surface area contributed by atoms with Crippen LogP contribution in [-0.2, 0) is 6.42 Å². The number of hydrogen-bond acceptors (Lipinski definition) is 4. The number of hydrogen-bond donors (Lipinski definition) is 1. The molecule has 1 N–H and O–H groups in total. The topological polar surface area (TPSA) is 47.0 Å². The van der Waals surface area contributed by atoms with Crippen molar-refractivity contribution in [2.75, 3.05) is 11.9 Å². The second kappa shape index (κ2) is 5.90. The molecule has 0 saturated heterocycles. The van der Waals surface area contributed by atoms with Gasteiger partial charge in [-0.3, -0.25) is 0 Å². The predicted molar refractivity (Wildman–Crippen MR) is 78.9 cm³/mol. The van der Waals surface area contributed by atoms with Gasteiger partial charge in [0.15, 0.2) is 0 Å². The monoisotopic (exact) mass is 269 g/mol. The molecular weight excluding hydrogens is 250 g/mol. The molecule has 4 heteroatoms. The average molecular weight is 269 g/mol. The van der Waals surface area contributed by atoms with Gasteiger partial charge in [0.05, 0.1) is 0 Å². The molecular formula is C16H19N3O. The molecule has 20 heavy (non-hydrogen) atoms. The molecule has 0 fully saturated rings. The molecule has 0 saturated carbocycles. The fraction of sp³-hybridized carbons (Fsp3) is 0.375. The molecule has 2 aromatic rings. The van der Waals surface area contributed by atoms with E-state index in [4.69, 9.17) is 4.74 Å². The fourth-order valence-electron chi connectivity index (χ4n) is 2.66. The van der Waals surface area contributed by atoms with Gasteiger partial charge in [-0.1, -0.05) is 24.3 Å². The number of nitrogens with zero attached hydrogens (tertiary/aromatic N) is 2. The summed E-state index contributed by atoms with van der Waals surface area (Å²) in [6, 6.07) is 10.4. The average Bonchev–Trinajstić information content (AvgIpc) is 2.48. The predicted octanol–water partition coefficient (Wildman–Crippen LogP) is 3.36. The highest BCUT2D eigenvalue weighted by Gasteiger charge is 2.21. The fourth-order valence-corrected chi connectivity index (χ4v) is 2.66. The first-order valence-electron chi connectivity index (χ1n) is 7.17. The first-order chi connectivity index (χ1) is 9.86. The van der Waals surface area contributed by atoms with Crippen LogP contribution in [0.15, 0.2) is 36.7 Å². The third-order valence-electron chi connectivity index (χ3n) is 3.58. The molecule has 0 aliphatic heterocycles. The summed E-state index contributed by atoms with van der Waals surface area (Å²) < 4.78 is 6.08. The molecule has 3 rings (SSSR count). The number of aryl methyl sites for hydroxylation is 1. The van der Waals surface area contributed by atoms with Crippen LogP contribution in [0, 0.1) is 0 Å². The van der Waals surface area contributed by atoms with E-state index in [9.17, 15) is 0 Å². The van der Waals surface area contributed by atoms with Gasteiger partial charge < -0.3 is 10.1 Å². The Morgan fingerprint density at radius 3 is 3.10 bits per heavy atom. The molecule has 1 aromatic carbocycles. The van der Waals surface area contributed by atoms with Crippen molar-refractivity contribution in [3.05, 3.63) is 47.8 Å².